The van der Waals surface area contributed by atoms with E-state index in [4.69, 9.17) is 14.7 Å². The Labute approximate surface area is 225 Å². The first-order chi connectivity index (χ1) is 17.8. The van der Waals surface area contributed by atoms with Crippen LogP contribution in [0.15, 0.2) is 12.2 Å². The normalized spacial score (nSPS) is 28.7. The van der Waals surface area contributed by atoms with Crippen molar-refractivity contribution in [3.63, 3.8) is 0 Å². The molecule has 2 amide bonds. The van der Waals surface area contributed by atoms with Gasteiger partial charge in [0.25, 0.3) is 5.96 Å². The molecule has 4 fully saturated rings. The number of nitrogens with zero attached hydrogens (tertiary/aromatic N) is 1. The van der Waals surface area contributed by atoms with Crippen LogP contribution in [0.1, 0.15) is 73.6 Å². The maximum Gasteiger partial charge on any atom is 0.481 e. The first kappa shape index (κ1) is 29.9. The lowest BCUT2D eigenvalue weighted by molar-refractivity contribution is -0.525. The number of carbonyl (C=O) groups excluding carboxylic acids is 2. The Morgan fingerprint density at radius 3 is 2.55 bits per heavy atom. The quantitative estimate of drug-likeness (QED) is 0.0482. The van der Waals surface area contributed by atoms with E-state index in [1.54, 1.807) is 18.4 Å². The fourth-order valence-corrected chi connectivity index (χ4v) is 6.39. The molecule has 3 aliphatic carbocycles. The zero-order valence-electron chi connectivity index (χ0n) is 23.3. The highest BCUT2D eigenvalue weighted by Gasteiger charge is 2.68. The van der Waals surface area contributed by atoms with Crippen molar-refractivity contribution in [3.05, 3.63) is 22.3 Å². The molecule has 13 heteroatoms. The monoisotopic (exact) mass is 534 g/mol. The highest BCUT2D eigenvalue weighted by molar-refractivity contribution is 6.48. The highest BCUT2D eigenvalue weighted by atomic mass is 16.7. The molecular formula is C25H43BN6O6. The third-order valence-electron chi connectivity index (χ3n) is 8.48. The molecule has 5 N–H and O–H groups in total. The lowest BCUT2D eigenvalue weighted by atomic mass is 9.43. The maximum atomic E-state index is 13.4. The molecule has 212 valence electrons. The number of amides is 2. The van der Waals surface area contributed by atoms with Crippen LogP contribution in [0.3, 0.4) is 0 Å². The van der Waals surface area contributed by atoms with Gasteiger partial charge in [0.1, 0.15) is 6.04 Å². The second-order valence-electron chi connectivity index (χ2n) is 12.0. The first-order valence-corrected chi connectivity index (χ1v) is 13.6. The largest absolute Gasteiger partial charge is 0.481 e. The van der Waals surface area contributed by atoms with E-state index in [-0.39, 0.29) is 42.3 Å². The van der Waals surface area contributed by atoms with Gasteiger partial charge in [0.05, 0.1) is 17.6 Å². The molecule has 0 unspecified atom stereocenters. The molecule has 0 spiro atoms. The standard InChI is InChI=1S/C25H43BN6O6/c1-7-9-21(33)29-17(10-8-11-28-23(27)31-32(35)36)22(34)30-20(12-15(2)3)26-37-19-14-16-13-18(24(16,4)5)25(19,6)38-26/h7,9,15-20H,8,10-14H2,1-6H3,(H,29,33)(H,30,34)(H3,27,28,31)/b9-7+/t16-,17-,18-,19+,20-,25-/m0/s1. The number of nitro groups is 1. The maximum absolute atomic E-state index is 13.4. The zero-order chi connectivity index (χ0) is 28.3. The van der Waals surface area contributed by atoms with E-state index in [0.717, 1.165) is 12.8 Å². The molecule has 1 saturated heterocycles. The van der Waals surface area contributed by atoms with Crippen molar-refractivity contribution in [2.75, 3.05) is 6.54 Å². The molecule has 0 aromatic carbocycles. The van der Waals surface area contributed by atoms with Gasteiger partial charge in [-0.2, -0.15) is 0 Å². The lowest BCUT2D eigenvalue weighted by Crippen LogP contribution is -2.65. The van der Waals surface area contributed by atoms with Crippen LogP contribution >= 0.6 is 0 Å². The van der Waals surface area contributed by atoms with Gasteiger partial charge in [-0.15, -0.1) is 0 Å². The Bertz CT molecular complexity index is 945. The van der Waals surface area contributed by atoms with Gasteiger partial charge in [-0.3, -0.25) is 15.0 Å². The van der Waals surface area contributed by atoms with Crippen LogP contribution in [0.4, 0.5) is 0 Å². The molecular weight excluding hydrogens is 491 g/mol. The minimum absolute atomic E-state index is 0.00445. The topological polar surface area (TPSA) is 168 Å². The number of hydrogen-bond donors (Lipinski definition) is 5. The predicted molar refractivity (Wildman–Crippen MR) is 143 cm³/mol. The second-order valence-corrected chi connectivity index (χ2v) is 12.0. The highest BCUT2D eigenvalue weighted by Crippen LogP contribution is 2.65. The van der Waals surface area contributed by atoms with Crippen molar-refractivity contribution in [1.82, 2.24) is 21.4 Å². The van der Waals surface area contributed by atoms with E-state index in [0.29, 0.717) is 24.7 Å². The van der Waals surface area contributed by atoms with Gasteiger partial charge in [0.15, 0.2) is 5.03 Å². The third-order valence-corrected chi connectivity index (χ3v) is 8.48. The van der Waals surface area contributed by atoms with Gasteiger partial charge < -0.3 is 25.3 Å². The van der Waals surface area contributed by atoms with Gasteiger partial charge in [0.2, 0.25) is 11.8 Å². The molecule has 0 aromatic rings. The van der Waals surface area contributed by atoms with Crippen LogP contribution in [-0.2, 0) is 18.9 Å². The number of nitrogens with one attached hydrogen (secondary N) is 5. The van der Waals surface area contributed by atoms with E-state index in [9.17, 15) is 19.7 Å². The molecule has 1 heterocycles. The summed E-state index contributed by atoms with van der Waals surface area (Å²) in [5.74, 6) is -0.273. The van der Waals surface area contributed by atoms with Crippen LogP contribution < -0.4 is 21.4 Å². The molecule has 0 aromatic heterocycles. The van der Waals surface area contributed by atoms with E-state index in [1.807, 2.05) is 0 Å². The molecule has 6 atom stereocenters. The van der Waals surface area contributed by atoms with Crippen LogP contribution in [0.5, 0.6) is 0 Å². The van der Waals surface area contributed by atoms with E-state index in [2.05, 4.69) is 50.6 Å². The summed E-state index contributed by atoms with van der Waals surface area (Å²) in [4.78, 5) is 36.2. The molecule has 2 bridgehead atoms. The smallest absolute Gasteiger partial charge is 0.404 e. The lowest BCUT2D eigenvalue weighted by Gasteiger charge is -2.64. The SMILES string of the molecule is C/C=C/C(=O)N[C@@H](CCCNC(=N)N[N+](=O)[O-])C(=O)N[C@@H](CC(C)C)B1O[C@@H]2C[C@@H]3C[C@@H](C3(C)C)[C@]2(C)O1. The van der Waals surface area contributed by atoms with E-state index in [1.165, 1.54) is 6.08 Å². The van der Waals surface area contributed by atoms with Gasteiger partial charge in [-0.05, 0) is 75.2 Å². The van der Waals surface area contributed by atoms with Crippen molar-refractivity contribution in [3.8, 4) is 0 Å². The molecule has 0 radical (unpaired) electrons. The molecule has 4 rings (SSSR count). The molecule has 1 aliphatic heterocycles. The average molecular weight is 534 g/mol. The number of guanidine groups is 1. The van der Waals surface area contributed by atoms with Crippen molar-refractivity contribution >= 4 is 24.9 Å². The summed E-state index contributed by atoms with van der Waals surface area (Å²) in [5.41, 5.74) is 1.54. The number of allylic oxidation sites excluding steroid dienone is 1. The fourth-order valence-electron chi connectivity index (χ4n) is 6.39. The molecule has 12 nitrogen and oxygen atoms in total. The minimum atomic E-state index is -0.834. The Balaban J connectivity index is 1.66. The van der Waals surface area contributed by atoms with Gasteiger partial charge in [-0.1, -0.05) is 39.2 Å². The van der Waals surface area contributed by atoms with Crippen molar-refractivity contribution < 1.29 is 23.9 Å². The fraction of sp³-hybridized carbons (Fsp3) is 0.800. The number of hydrogen-bond acceptors (Lipinski definition) is 7. The summed E-state index contributed by atoms with van der Waals surface area (Å²) in [6.07, 6.45) is 6.34. The Kier molecular flexibility index (Phi) is 9.45. The predicted octanol–water partition coefficient (Wildman–Crippen LogP) is 1.93. The summed E-state index contributed by atoms with van der Waals surface area (Å²) in [7, 11) is -0.575. The van der Waals surface area contributed by atoms with Gasteiger partial charge in [0, 0.05) is 6.54 Å². The van der Waals surface area contributed by atoms with Crippen molar-refractivity contribution in [1.29, 1.82) is 5.41 Å². The molecule has 4 aliphatic rings. The third kappa shape index (κ3) is 6.66. The average Bonchev–Trinajstić information content (AvgIpc) is 3.17. The number of carbonyl (C=O) groups is 2. The second kappa shape index (κ2) is 12.0. The van der Waals surface area contributed by atoms with E-state index >= 15 is 0 Å². The Hall–Kier alpha value is -2.67. The Morgan fingerprint density at radius 1 is 1.24 bits per heavy atom. The van der Waals surface area contributed by atoms with Crippen LogP contribution in [0.2, 0.25) is 0 Å². The van der Waals surface area contributed by atoms with Crippen LogP contribution in [0, 0.1) is 38.7 Å². The van der Waals surface area contributed by atoms with Crippen molar-refractivity contribution in [2.45, 2.75) is 97.3 Å². The summed E-state index contributed by atoms with van der Waals surface area (Å²) in [6.45, 7) is 12.8. The van der Waals surface area contributed by atoms with Gasteiger partial charge in [-0.25, -0.2) is 10.1 Å². The zero-order valence-corrected chi connectivity index (χ0v) is 23.3. The summed E-state index contributed by atoms with van der Waals surface area (Å²) >= 11 is 0. The minimum Gasteiger partial charge on any atom is -0.404 e. The molecule has 3 saturated carbocycles. The number of hydrazine groups is 1. The molecule has 38 heavy (non-hydrogen) atoms. The summed E-state index contributed by atoms with van der Waals surface area (Å²) in [6, 6.07) is -0.834. The summed E-state index contributed by atoms with van der Waals surface area (Å²) < 4.78 is 13.1. The first-order valence-electron chi connectivity index (χ1n) is 13.6. The van der Waals surface area contributed by atoms with Crippen LogP contribution in [-0.4, -0.2) is 60.2 Å². The Morgan fingerprint density at radius 2 is 1.95 bits per heavy atom. The summed E-state index contributed by atoms with van der Waals surface area (Å²) in [5, 5.41) is 25.5. The van der Waals surface area contributed by atoms with Crippen molar-refractivity contribution in [2.24, 2.45) is 23.2 Å². The van der Waals surface area contributed by atoms with E-state index < -0.39 is 35.7 Å². The number of rotatable bonds is 12. The van der Waals surface area contributed by atoms with Gasteiger partial charge >= 0.3 is 7.12 Å². The van der Waals surface area contributed by atoms with Crippen LogP contribution in [0.25, 0.3) is 0 Å².